The standard InChI is InChI=1S/C13H17BrN2O/c1-15-13(17)8-16-12-6-10(7-12)9-3-2-4-11(14)5-9/h2-5,10,12,16H,6-8H2,1H3,(H,15,17). The maximum atomic E-state index is 11.1. The van der Waals surface area contributed by atoms with Gasteiger partial charge < -0.3 is 10.6 Å². The zero-order chi connectivity index (χ0) is 12.3. The smallest absolute Gasteiger partial charge is 0.233 e. The summed E-state index contributed by atoms with van der Waals surface area (Å²) in [5.74, 6) is 0.686. The van der Waals surface area contributed by atoms with Gasteiger partial charge in [-0.15, -0.1) is 0 Å². The third kappa shape index (κ3) is 3.30. The normalized spacial score (nSPS) is 22.9. The van der Waals surface area contributed by atoms with Gasteiger partial charge >= 0.3 is 0 Å². The average Bonchev–Trinajstić information content (AvgIpc) is 2.26. The third-order valence-corrected chi connectivity index (χ3v) is 3.78. The summed E-state index contributed by atoms with van der Waals surface area (Å²) in [6, 6.07) is 8.95. The quantitative estimate of drug-likeness (QED) is 0.893. The van der Waals surface area contributed by atoms with Crippen LogP contribution in [0.5, 0.6) is 0 Å². The molecule has 0 spiro atoms. The van der Waals surface area contributed by atoms with Crippen LogP contribution < -0.4 is 10.6 Å². The van der Waals surface area contributed by atoms with Crippen molar-refractivity contribution in [2.75, 3.05) is 13.6 Å². The number of hydrogen-bond acceptors (Lipinski definition) is 2. The summed E-state index contributed by atoms with van der Waals surface area (Å²) in [7, 11) is 1.66. The van der Waals surface area contributed by atoms with Crippen LogP contribution in [0.15, 0.2) is 28.7 Å². The van der Waals surface area contributed by atoms with Crippen molar-refractivity contribution in [3.05, 3.63) is 34.3 Å². The predicted molar refractivity (Wildman–Crippen MR) is 72.0 cm³/mol. The van der Waals surface area contributed by atoms with E-state index in [-0.39, 0.29) is 5.91 Å². The Morgan fingerprint density at radius 2 is 2.24 bits per heavy atom. The molecule has 0 radical (unpaired) electrons. The lowest BCUT2D eigenvalue weighted by atomic mass is 9.76. The van der Waals surface area contributed by atoms with Gasteiger partial charge in [-0.25, -0.2) is 0 Å². The van der Waals surface area contributed by atoms with Crippen molar-refractivity contribution in [2.45, 2.75) is 24.8 Å². The number of carbonyl (C=O) groups is 1. The van der Waals surface area contributed by atoms with E-state index in [9.17, 15) is 4.79 Å². The summed E-state index contributed by atoms with van der Waals surface area (Å²) >= 11 is 3.49. The van der Waals surface area contributed by atoms with Crippen LogP contribution in [0.25, 0.3) is 0 Å². The molecule has 1 aromatic carbocycles. The van der Waals surface area contributed by atoms with Gasteiger partial charge in [0.2, 0.25) is 5.91 Å². The van der Waals surface area contributed by atoms with E-state index >= 15 is 0 Å². The highest BCUT2D eigenvalue weighted by molar-refractivity contribution is 9.10. The average molecular weight is 297 g/mol. The number of carbonyl (C=O) groups excluding carboxylic acids is 1. The number of hydrogen-bond donors (Lipinski definition) is 2. The second-order valence-electron chi connectivity index (χ2n) is 4.47. The van der Waals surface area contributed by atoms with E-state index in [4.69, 9.17) is 0 Å². The van der Waals surface area contributed by atoms with Crippen molar-refractivity contribution < 1.29 is 4.79 Å². The van der Waals surface area contributed by atoms with Gasteiger partial charge in [-0.05, 0) is 36.5 Å². The first kappa shape index (κ1) is 12.6. The zero-order valence-electron chi connectivity index (χ0n) is 9.87. The second kappa shape index (κ2) is 5.65. The van der Waals surface area contributed by atoms with Crippen LogP contribution in [0.2, 0.25) is 0 Å². The largest absolute Gasteiger partial charge is 0.358 e. The molecule has 0 bridgehead atoms. The van der Waals surface area contributed by atoms with Gasteiger partial charge in [0.25, 0.3) is 0 Å². The highest BCUT2D eigenvalue weighted by Gasteiger charge is 2.30. The molecule has 3 nitrogen and oxygen atoms in total. The molecule has 1 amide bonds. The van der Waals surface area contributed by atoms with Crippen LogP contribution in [0.3, 0.4) is 0 Å². The monoisotopic (exact) mass is 296 g/mol. The predicted octanol–water partition coefficient (Wildman–Crippen LogP) is 2.03. The highest BCUT2D eigenvalue weighted by Crippen LogP contribution is 2.37. The molecule has 0 unspecified atom stereocenters. The van der Waals surface area contributed by atoms with E-state index in [0.29, 0.717) is 18.5 Å². The minimum absolute atomic E-state index is 0.0518. The molecule has 0 aliphatic heterocycles. The molecule has 0 heterocycles. The van der Waals surface area contributed by atoms with Crippen molar-refractivity contribution in [2.24, 2.45) is 0 Å². The van der Waals surface area contributed by atoms with Crippen molar-refractivity contribution in [3.8, 4) is 0 Å². The van der Waals surface area contributed by atoms with E-state index in [0.717, 1.165) is 17.3 Å². The lowest BCUT2D eigenvalue weighted by Crippen LogP contribution is -2.44. The lowest BCUT2D eigenvalue weighted by Gasteiger charge is -2.36. The molecule has 1 saturated carbocycles. The molecule has 0 atom stereocenters. The van der Waals surface area contributed by atoms with E-state index in [2.05, 4.69) is 44.8 Å². The first-order valence-corrected chi connectivity index (χ1v) is 6.67. The first-order valence-electron chi connectivity index (χ1n) is 5.88. The van der Waals surface area contributed by atoms with E-state index < -0.39 is 0 Å². The minimum Gasteiger partial charge on any atom is -0.358 e. The molecule has 2 rings (SSSR count). The summed E-state index contributed by atoms with van der Waals surface area (Å²) in [4.78, 5) is 11.1. The van der Waals surface area contributed by atoms with Crippen molar-refractivity contribution in [3.63, 3.8) is 0 Å². The molecule has 17 heavy (non-hydrogen) atoms. The van der Waals surface area contributed by atoms with Crippen LogP contribution in [0.1, 0.15) is 24.3 Å². The maximum absolute atomic E-state index is 11.1. The summed E-state index contributed by atoms with van der Waals surface area (Å²) in [6.45, 7) is 0.423. The first-order chi connectivity index (χ1) is 8.19. The van der Waals surface area contributed by atoms with Crippen LogP contribution in [-0.2, 0) is 4.79 Å². The van der Waals surface area contributed by atoms with Crippen molar-refractivity contribution in [1.82, 2.24) is 10.6 Å². The molecule has 4 heteroatoms. The Balaban J connectivity index is 1.77. The number of amides is 1. The van der Waals surface area contributed by atoms with E-state index in [1.54, 1.807) is 7.05 Å². The summed E-state index contributed by atoms with van der Waals surface area (Å²) in [5.41, 5.74) is 1.39. The van der Waals surface area contributed by atoms with Gasteiger partial charge in [0, 0.05) is 17.6 Å². The molecular weight excluding hydrogens is 280 g/mol. The topological polar surface area (TPSA) is 41.1 Å². The van der Waals surface area contributed by atoms with Gasteiger partial charge in [-0.3, -0.25) is 4.79 Å². The fraction of sp³-hybridized carbons (Fsp3) is 0.462. The van der Waals surface area contributed by atoms with Gasteiger partial charge in [-0.1, -0.05) is 28.1 Å². The summed E-state index contributed by atoms with van der Waals surface area (Å²) < 4.78 is 1.14. The Bertz CT molecular complexity index is 402. The second-order valence-corrected chi connectivity index (χ2v) is 5.39. The van der Waals surface area contributed by atoms with Crippen LogP contribution >= 0.6 is 15.9 Å². The third-order valence-electron chi connectivity index (χ3n) is 3.29. The summed E-state index contributed by atoms with van der Waals surface area (Å²) in [5, 5.41) is 5.87. The highest BCUT2D eigenvalue weighted by atomic mass is 79.9. The fourth-order valence-electron chi connectivity index (χ4n) is 2.14. The van der Waals surface area contributed by atoms with Crippen molar-refractivity contribution >= 4 is 21.8 Å². The molecule has 1 aliphatic rings. The van der Waals surface area contributed by atoms with Crippen LogP contribution in [-0.4, -0.2) is 25.5 Å². The number of benzene rings is 1. The van der Waals surface area contributed by atoms with Crippen LogP contribution in [0, 0.1) is 0 Å². The SMILES string of the molecule is CNC(=O)CNC1CC(c2cccc(Br)c2)C1. The number of halogens is 1. The molecule has 1 aromatic rings. The molecule has 0 saturated heterocycles. The van der Waals surface area contributed by atoms with Gasteiger partial charge in [0.15, 0.2) is 0 Å². The van der Waals surface area contributed by atoms with Gasteiger partial charge in [-0.2, -0.15) is 0 Å². The zero-order valence-corrected chi connectivity index (χ0v) is 11.5. The Morgan fingerprint density at radius 1 is 1.47 bits per heavy atom. The fourth-order valence-corrected chi connectivity index (χ4v) is 2.56. The summed E-state index contributed by atoms with van der Waals surface area (Å²) in [6.07, 6.45) is 2.24. The molecule has 1 fully saturated rings. The van der Waals surface area contributed by atoms with E-state index in [1.807, 2.05) is 6.07 Å². The Labute approximate surface area is 110 Å². The van der Waals surface area contributed by atoms with Crippen molar-refractivity contribution in [1.29, 1.82) is 0 Å². The molecular formula is C13H17BrN2O. The maximum Gasteiger partial charge on any atom is 0.233 e. The molecule has 0 aromatic heterocycles. The van der Waals surface area contributed by atoms with Gasteiger partial charge in [0.05, 0.1) is 6.54 Å². The molecule has 92 valence electrons. The van der Waals surface area contributed by atoms with E-state index in [1.165, 1.54) is 5.56 Å². The Morgan fingerprint density at radius 3 is 2.88 bits per heavy atom. The Kier molecular flexibility index (Phi) is 4.18. The molecule has 2 N–H and O–H groups in total. The number of likely N-dealkylation sites (N-methyl/N-ethyl adjacent to an activating group) is 1. The number of rotatable bonds is 4. The Hall–Kier alpha value is -0.870. The van der Waals surface area contributed by atoms with Crippen LogP contribution in [0.4, 0.5) is 0 Å². The number of nitrogens with one attached hydrogen (secondary N) is 2. The lowest BCUT2D eigenvalue weighted by molar-refractivity contribution is -0.120. The van der Waals surface area contributed by atoms with Gasteiger partial charge in [0.1, 0.15) is 0 Å². The molecule has 1 aliphatic carbocycles. The minimum atomic E-state index is 0.0518.